The molecule has 0 spiro atoms. The van der Waals surface area contributed by atoms with E-state index in [0.29, 0.717) is 12.1 Å². The third-order valence-electron chi connectivity index (χ3n) is 5.19. The first-order chi connectivity index (χ1) is 10.5. The molecule has 0 radical (unpaired) electrons. The Kier molecular flexibility index (Phi) is 5.99. The molecule has 1 aromatic rings. The number of fused-ring (bicyclic) bond motifs is 2. The number of piperidine rings is 1. The SMILES string of the molecule is CC(C)OC(=O)C1C2CC[C@H](C[C@@H]1c1ccc(Cl)cc1)N2C.Cl. The van der Waals surface area contributed by atoms with Crippen LogP contribution in [0, 0.1) is 5.92 Å². The van der Waals surface area contributed by atoms with E-state index < -0.39 is 0 Å². The van der Waals surface area contributed by atoms with Gasteiger partial charge in [-0.3, -0.25) is 9.69 Å². The number of esters is 1. The summed E-state index contributed by atoms with van der Waals surface area (Å²) in [6.45, 7) is 3.83. The van der Waals surface area contributed by atoms with Gasteiger partial charge in [-0.1, -0.05) is 23.7 Å². The van der Waals surface area contributed by atoms with Gasteiger partial charge in [0, 0.05) is 23.0 Å². The number of ether oxygens (including phenoxy) is 1. The molecule has 5 heteroatoms. The first-order valence-corrected chi connectivity index (χ1v) is 8.53. The largest absolute Gasteiger partial charge is 0.463 e. The van der Waals surface area contributed by atoms with Gasteiger partial charge >= 0.3 is 5.97 Å². The fourth-order valence-electron chi connectivity index (χ4n) is 4.15. The first kappa shape index (κ1) is 18.6. The van der Waals surface area contributed by atoms with Crippen LogP contribution in [0.25, 0.3) is 0 Å². The lowest BCUT2D eigenvalue weighted by Gasteiger charge is -2.42. The van der Waals surface area contributed by atoms with Crippen LogP contribution in [0.3, 0.4) is 0 Å². The van der Waals surface area contributed by atoms with E-state index in [1.807, 2.05) is 26.0 Å². The summed E-state index contributed by atoms with van der Waals surface area (Å²) < 4.78 is 5.57. The fourth-order valence-corrected chi connectivity index (χ4v) is 4.28. The molecule has 2 heterocycles. The highest BCUT2D eigenvalue weighted by Crippen LogP contribution is 2.46. The molecule has 23 heavy (non-hydrogen) atoms. The Morgan fingerprint density at radius 1 is 1.26 bits per heavy atom. The molecule has 0 aliphatic carbocycles. The van der Waals surface area contributed by atoms with Crippen molar-refractivity contribution in [2.45, 2.75) is 57.2 Å². The van der Waals surface area contributed by atoms with Crippen molar-refractivity contribution in [1.82, 2.24) is 4.90 Å². The summed E-state index contributed by atoms with van der Waals surface area (Å²) in [5.74, 6) is 0.108. The predicted molar refractivity (Wildman–Crippen MR) is 95.3 cm³/mol. The average molecular weight is 358 g/mol. The van der Waals surface area contributed by atoms with Crippen LogP contribution in [0.4, 0.5) is 0 Å². The number of nitrogens with zero attached hydrogens (tertiary/aromatic N) is 1. The van der Waals surface area contributed by atoms with E-state index in [1.54, 1.807) is 0 Å². The van der Waals surface area contributed by atoms with E-state index in [9.17, 15) is 4.79 Å². The summed E-state index contributed by atoms with van der Waals surface area (Å²) >= 11 is 6.01. The second kappa shape index (κ2) is 7.42. The van der Waals surface area contributed by atoms with E-state index >= 15 is 0 Å². The maximum Gasteiger partial charge on any atom is 0.311 e. The van der Waals surface area contributed by atoms with Gasteiger partial charge < -0.3 is 4.74 Å². The summed E-state index contributed by atoms with van der Waals surface area (Å²) in [7, 11) is 2.15. The minimum Gasteiger partial charge on any atom is -0.463 e. The monoisotopic (exact) mass is 357 g/mol. The molecule has 128 valence electrons. The van der Waals surface area contributed by atoms with Gasteiger partial charge in [-0.25, -0.2) is 0 Å². The molecule has 2 unspecified atom stereocenters. The third-order valence-corrected chi connectivity index (χ3v) is 5.44. The highest BCUT2D eigenvalue weighted by Gasteiger charge is 2.49. The summed E-state index contributed by atoms with van der Waals surface area (Å²) in [5, 5.41) is 0.737. The highest BCUT2D eigenvalue weighted by atomic mass is 35.5. The van der Waals surface area contributed by atoms with Crippen LogP contribution >= 0.6 is 24.0 Å². The molecule has 2 aliphatic heterocycles. The van der Waals surface area contributed by atoms with Crippen LogP contribution in [0.15, 0.2) is 24.3 Å². The molecule has 0 saturated carbocycles. The molecule has 2 aliphatic rings. The van der Waals surface area contributed by atoms with Gasteiger partial charge in [0.15, 0.2) is 0 Å². The maximum absolute atomic E-state index is 12.7. The van der Waals surface area contributed by atoms with Gasteiger partial charge in [-0.2, -0.15) is 0 Å². The number of halogens is 2. The van der Waals surface area contributed by atoms with E-state index in [1.165, 1.54) is 12.0 Å². The lowest BCUT2D eigenvalue weighted by Crippen LogP contribution is -2.49. The molecule has 3 rings (SSSR count). The Hall–Kier alpha value is -0.770. The van der Waals surface area contributed by atoms with E-state index in [0.717, 1.165) is 17.9 Å². The number of benzene rings is 1. The Morgan fingerprint density at radius 2 is 1.91 bits per heavy atom. The summed E-state index contributed by atoms with van der Waals surface area (Å²) in [4.78, 5) is 15.1. The first-order valence-electron chi connectivity index (χ1n) is 8.15. The second-order valence-corrected chi connectivity index (χ2v) is 7.31. The van der Waals surface area contributed by atoms with Gasteiger partial charge in [0.05, 0.1) is 12.0 Å². The van der Waals surface area contributed by atoms with Gasteiger partial charge in [-0.05, 0) is 57.9 Å². The lowest BCUT2D eigenvalue weighted by atomic mass is 9.76. The summed E-state index contributed by atoms with van der Waals surface area (Å²) in [5.41, 5.74) is 1.21. The fraction of sp³-hybridized carbons (Fsp3) is 0.611. The molecule has 3 nitrogen and oxygen atoms in total. The van der Waals surface area contributed by atoms with Crippen molar-refractivity contribution >= 4 is 30.0 Å². The van der Waals surface area contributed by atoms with Crippen LogP contribution in [0.2, 0.25) is 5.02 Å². The molecule has 2 bridgehead atoms. The van der Waals surface area contributed by atoms with Crippen LogP contribution in [0.1, 0.15) is 44.6 Å². The maximum atomic E-state index is 12.7. The molecule has 1 aromatic carbocycles. The van der Waals surface area contributed by atoms with Crippen molar-refractivity contribution in [3.63, 3.8) is 0 Å². The third kappa shape index (κ3) is 3.67. The Balaban J connectivity index is 0.00000192. The zero-order valence-corrected chi connectivity index (χ0v) is 15.4. The van der Waals surface area contributed by atoms with Crippen molar-refractivity contribution in [1.29, 1.82) is 0 Å². The van der Waals surface area contributed by atoms with Gasteiger partial charge in [0.2, 0.25) is 0 Å². The number of hydrogen-bond donors (Lipinski definition) is 0. The minimum absolute atomic E-state index is 0. The Morgan fingerprint density at radius 3 is 2.52 bits per heavy atom. The summed E-state index contributed by atoms with van der Waals surface area (Å²) in [6.07, 6.45) is 3.22. The molecule has 0 N–H and O–H groups in total. The van der Waals surface area contributed by atoms with Crippen molar-refractivity contribution in [3.8, 4) is 0 Å². The average Bonchev–Trinajstić information content (AvgIpc) is 2.71. The van der Waals surface area contributed by atoms with Crippen molar-refractivity contribution in [3.05, 3.63) is 34.9 Å². The number of carbonyl (C=O) groups excluding carboxylic acids is 1. The number of rotatable bonds is 3. The topological polar surface area (TPSA) is 29.5 Å². The number of hydrogen-bond acceptors (Lipinski definition) is 3. The molecule has 4 atom stereocenters. The smallest absolute Gasteiger partial charge is 0.311 e. The van der Waals surface area contributed by atoms with Crippen molar-refractivity contribution in [2.75, 3.05) is 7.05 Å². The van der Waals surface area contributed by atoms with Crippen LogP contribution < -0.4 is 0 Å². The van der Waals surface area contributed by atoms with Crippen LogP contribution in [-0.4, -0.2) is 36.1 Å². The Bertz CT molecular complexity index is 546. The zero-order chi connectivity index (χ0) is 15.9. The molecule has 2 fully saturated rings. The normalized spacial score (nSPS) is 30.1. The molecular weight excluding hydrogens is 333 g/mol. The van der Waals surface area contributed by atoms with Crippen LogP contribution in [-0.2, 0) is 9.53 Å². The number of carbonyl (C=O) groups is 1. The van der Waals surface area contributed by atoms with Gasteiger partial charge in [0.25, 0.3) is 0 Å². The summed E-state index contributed by atoms with van der Waals surface area (Å²) in [6, 6.07) is 8.84. The van der Waals surface area contributed by atoms with Crippen molar-refractivity contribution < 1.29 is 9.53 Å². The standard InChI is InChI=1S/C18H24ClNO2.ClH/c1-11(2)22-18(21)17-15(12-4-6-13(19)7-5-12)10-14-8-9-16(17)20(14)3;/h4-7,11,14-17H,8-10H2,1-3H3;1H/t14-,15-,16?,17?;/m1./s1. The van der Waals surface area contributed by atoms with E-state index in [2.05, 4.69) is 24.1 Å². The van der Waals surface area contributed by atoms with E-state index in [-0.39, 0.29) is 36.3 Å². The molecule has 0 aromatic heterocycles. The quantitative estimate of drug-likeness (QED) is 0.756. The molecule has 0 amide bonds. The highest BCUT2D eigenvalue weighted by molar-refractivity contribution is 6.30. The van der Waals surface area contributed by atoms with Gasteiger partial charge in [-0.15, -0.1) is 12.4 Å². The predicted octanol–water partition coefficient (Wildman–Crippen LogP) is 4.28. The van der Waals surface area contributed by atoms with Crippen molar-refractivity contribution in [2.24, 2.45) is 5.92 Å². The van der Waals surface area contributed by atoms with E-state index in [4.69, 9.17) is 16.3 Å². The lowest BCUT2D eigenvalue weighted by molar-refractivity contribution is -0.157. The van der Waals surface area contributed by atoms with Crippen LogP contribution in [0.5, 0.6) is 0 Å². The molecular formula is C18H25Cl2NO2. The second-order valence-electron chi connectivity index (χ2n) is 6.87. The zero-order valence-electron chi connectivity index (χ0n) is 13.9. The molecule has 2 saturated heterocycles. The van der Waals surface area contributed by atoms with Gasteiger partial charge in [0.1, 0.15) is 0 Å². The minimum atomic E-state index is -0.0766. The Labute approximate surface area is 149 Å².